The number of carbonyl (C=O) groups is 2. The lowest BCUT2D eigenvalue weighted by Gasteiger charge is -2.30. The van der Waals surface area contributed by atoms with Crippen molar-refractivity contribution < 1.29 is 23.8 Å². The lowest BCUT2D eigenvalue weighted by Crippen LogP contribution is -2.47. The molecule has 0 N–H and O–H groups in total. The predicted molar refractivity (Wildman–Crippen MR) is 90.8 cm³/mol. The minimum atomic E-state index is -0.332. The summed E-state index contributed by atoms with van der Waals surface area (Å²) in [6.45, 7) is 3.02. The summed E-state index contributed by atoms with van der Waals surface area (Å²) < 4.78 is 15.8. The van der Waals surface area contributed by atoms with Gasteiger partial charge in [0.1, 0.15) is 0 Å². The largest absolute Gasteiger partial charge is 0.493 e. The Morgan fingerprint density at radius 3 is 2.52 bits per heavy atom. The number of nitrogens with zero attached hydrogens (tertiary/aromatic N) is 2. The number of rotatable bonds is 6. The third-order valence-electron chi connectivity index (χ3n) is 4.78. The fourth-order valence-corrected chi connectivity index (χ4v) is 3.35. The zero-order valence-corrected chi connectivity index (χ0v) is 14.7. The monoisotopic (exact) mass is 348 g/mol. The van der Waals surface area contributed by atoms with Gasteiger partial charge in [0.15, 0.2) is 11.5 Å². The highest BCUT2D eigenvalue weighted by Crippen LogP contribution is 2.28. The van der Waals surface area contributed by atoms with E-state index >= 15 is 0 Å². The van der Waals surface area contributed by atoms with Crippen molar-refractivity contribution in [1.82, 2.24) is 9.80 Å². The van der Waals surface area contributed by atoms with Crippen LogP contribution < -0.4 is 9.47 Å². The zero-order valence-electron chi connectivity index (χ0n) is 14.7. The number of amides is 2. The summed E-state index contributed by atoms with van der Waals surface area (Å²) in [5.74, 6) is 1.12. The Balaban J connectivity index is 1.63. The van der Waals surface area contributed by atoms with E-state index in [0.29, 0.717) is 50.8 Å². The van der Waals surface area contributed by atoms with E-state index < -0.39 is 0 Å². The predicted octanol–water partition coefficient (Wildman–Crippen LogP) is 0.706. The van der Waals surface area contributed by atoms with Gasteiger partial charge in [-0.3, -0.25) is 19.4 Å². The molecule has 7 nitrogen and oxygen atoms in total. The topological polar surface area (TPSA) is 68.3 Å². The lowest BCUT2D eigenvalue weighted by atomic mass is 10.1. The van der Waals surface area contributed by atoms with E-state index in [1.165, 1.54) is 4.90 Å². The van der Waals surface area contributed by atoms with Crippen LogP contribution in [-0.2, 0) is 20.7 Å². The van der Waals surface area contributed by atoms with Crippen molar-refractivity contribution in [1.29, 1.82) is 0 Å². The molecule has 0 aliphatic carbocycles. The number of imide groups is 1. The van der Waals surface area contributed by atoms with Crippen LogP contribution >= 0.6 is 0 Å². The molecular formula is C18H24N2O5. The van der Waals surface area contributed by atoms with E-state index in [4.69, 9.17) is 14.2 Å². The highest BCUT2D eigenvalue weighted by atomic mass is 16.5. The van der Waals surface area contributed by atoms with Gasteiger partial charge in [-0.2, -0.15) is 0 Å². The molecule has 2 heterocycles. The number of hydrogen-bond donors (Lipinski definition) is 0. The number of carbonyl (C=O) groups excluding carboxylic acids is 2. The van der Waals surface area contributed by atoms with Gasteiger partial charge in [0.2, 0.25) is 11.8 Å². The molecule has 0 aromatic heterocycles. The van der Waals surface area contributed by atoms with Crippen molar-refractivity contribution in [3.8, 4) is 11.5 Å². The molecule has 3 rings (SSSR count). The molecule has 0 spiro atoms. The van der Waals surface area contributed by atoms with E-state index in [1.54, 1.807) is 14.2 Å². The van der Waals surface area contributed by atoms with Gasteiger partial charge in [0.05, 0.1) is 39.9 Å². The van der Waals surface area contributed by atoms with Crippen LogP contribution in [0.4, 0.5) is 0 Å². The SMILES string of the molecule is COc1ccc(CCN2C(=O)C[C@@H](N3CCOCC3)C2=O)cc1OC. The normalized spacial score (nSPS) is 21.7. The Hall–Kier alpha value is -2.12. The maximum Gasteiger partial charge on any atom is 0.247 e. The summed E-state index contributed by atoms with van der Waals surface area (Å²) in [6, 6.07) is 5.30. The second-order valence-corrected chi connectivity index (χ2v) is 6.19. The zero-order chi connectivity index (χ0) is 17.8. The Bertz CT molecular complexity index is 642. The van der Waals surface area contributed by atoms with Crippen molar-refractivity contribution >= 4 is 11.8 Å². The van der Waals surface area contributed by atoms with Gasteiger partial charge in [-0.05, 0) is 24.1 Å². The molecule has 2 saturated heterocycles. The molecule has 2 amide bonds. The maximum absolute atomic E-state index is 12.6. The molecule has 1 atom stereocenters. The molecule has 1 aromatic rings. The Kier molecular flexibility index (Phi) is 5.55. The summed E-state index contributed by atoms with van der Waals surface area (Å²) >= 11 is 0. The van der Waals surface area contributed by atoms with Gasteiger partial charge in [0.25, 0.3) is 0 Å². The molecule has 1 aromatic carbocycles. The van der Waals surface area contributed by atoms with Crippen molar-refractivity contribution in [3.63, 3.8) is 0 Å². The number of hydrogen-bond acceptors (Lipinski definition) is 6. The molecule has 7 heteroatoms. The summed E-state index contributed by atoms with van der Waals surface area (Å²) in [6.07, 6.45) is 0.860. The van der Waals surface area contributed by atoms with Crippen molar-refractivity contribution in [2.75, 3.05) is 47.1 Å². The first kappa shape index (κ1) is 17.7. The third kappa shape index (κ3) is 3.77. The fraction of sp³-hybridized carbons (Fsp3) is 0.556. The average Bonchev–Trinajstić information content (AvgIpc) is 2.94. The van der Waals surface area contributed by atoms with Gasteiger partial charge < -0.3 is 14.2 Å². The van der Waals surface area contributed by atoms with Crippen LogP contribution in [0.3, 0.4) is 0 Å². The first-order valence-electron chi connectivity index (χ1n) is 8.51. The molecule has 25 heavy (non-hydrogen) atoms. The second kappa shape index (κ2) is 7.84. The molecule has 0 bridgehead atoms. The number of methoxy groups -OCH3 is 2. The summed E-state index contributed by atoms with van der Waals surface area (Å²) in [4.78, 5) is 28.4. The minimum Gasteiger partial charge on any atom is -0.493 e. The first-order chi connectivity index (χ1) is 12.1. The van der Waals surface area contributed by atoms with Crippen molar-refractivity contribution in [3.05, 3.63) is 23.8 Å². The average molecular weight is 348 g/mol. The van der Waals surface area contributed by atoms with E-state index in [9.17, 15) is 9.59 Å². The quantitative estimate of drug-likeness (QED) is 0.705. The van der Waals surface area contributed by atoms with Crippen LogP contribution in [0.5, 0.6) is 11.5 Å². The molecule has 2 aliphatic rings. The molecule has 0 saturated carbocycles. The number of likely N-dealkylation sites (tertiary alicyclic amines) is 1. The minimum absolute atomic E-state index is 0.0904. The molecular weight excluding hydrogens is 324 g/mol. The van der Waals surface area contributed by atoms with Crippen LogP contribution in [0.25, 0.3) is 0 Å². The molecule has 136 valence electrons. The van der Waals surface area contributed by atoms with Crippen LogP contribution in [0.15, 0.2) is 18.2 Å². The fourth-order valence-electron chi connectivity index (χ4n) is 3.35. The standard InChI is InChI=1S/C18H24N2O5/c1-23-15-4-3-13(11-16(15)24-2)5-6-20-17(21)12-14(18(20)22)19-7-9-25-10-8-19/h3-4,11,14H,5-10,12H2,1-2H3/t14-/m1/s1. The summed E-state index contributed by atoms with van der Waals surface area (Å²) in [7, 11) is 3.17. The van der Waals surface area contributed by atoms with Gasteiger partial charge in [-0.1, -0.05) is 6.07 Å². The van der Waals surface area contributed by atoms with Crippen LogP contribution in [0, 0.1) is 0 Å². The van der Waals surface area contributed by atoms with Gasteiger partial charge in [-0.15, -0.1) is 0 Å². The first-order valence-corrected chi connectivity index (χ1v) is 8.51. The molecule has 0 radical (unpaired) electrons. The third-order valence-corrected chi connectivity index (χ3v) is 4.78. The van der Waals surface area contributed by atoms with Crippen LogP contribution in [0.2, 0.25) is 0 Å². The van der Waals surface area contributed by atoms with Crippen molar-refractivity contribution in [2.24, 2.45) is 0 Å². The smallest absolute Gasteiger partial charge is 0.247 e. The van der Waals surface area contributed by atoms with E-state index in [2.05, 4.69) is 4.90 Å². The Morgan fingerprint density at radius 1 is 1.12 bits per heavy atom. The van der Waals surface area contributed by atoms with Gasteiger partial charge in [-0.25, -0.2) is 0 Å². The van der Waals surface area contributed by atoms with Gasteiger partial charge >= 0.3 is 0 Å². The number of morpholine rings is 1. The van der Waals surface area contributed by atoms with E-state index in [1.807, 2.05) is 18.2 Å². The van der Waals surface area contributed by atoms with E-state index in [0.717, 1.165) is 5.56 Å². The summed E-state index contributed by atoms with van der Waals surface area (Å²) in [5, 5.41) is 0. The highest BCUT2D eigenvalue weighted by molar-refractivity contribution is 6.05. The van der Waals surface area contributed by atoms with E-state index in [-0.39, 0.29) is 24.3 Å². The molecule has 0 unspecified atom stereocenters. The molecule has 2 fully saturated rings. The Labute approximate surface area is 147 Å². The maximum atomic E-state index is 12.6. The van der Waals surface area contributed by atoms with Gasteiger partial charge in [0, 0.05) is 19.6 Å². The highest BCUT2D eigenvalue weighted by Gasteiger charge is 2.41. The van der Waals surface area contributed by atoms with Crippen molar-refractivity contribution in [2.45, 2.75) is 18.9 Å². The number of ether oxygens (including phenoxy) is 3. The second-order valence-electron chi connectivity index (χ2n) is 6.19. The number of benzene rings is 1. The molecule has 2 aliphatic heterocycles. The summed E-state index contributed by atoms with van der Waals surface area (Å²) in [5.41, 5.74) is 0.994. The van der Waals surface area contributed by atoms with Crippen LogP contribution in [-0.4, -0.2) is 74.7 Å². The Morgan fingerprint density at radius 2 is 1.84 bits per heavy atom. The lowest BCUT2D eigenvalue weighted by molar-refractivity contribution is -0.140. The van der Waals surface area contributed by atoms with Crippen LogP contribution in [0.1, 0.15) is 12.0 Å².